The maximum Gasteiger partial charge on any atom is 0.237 e. The molecule has 0 bridgehead atoms. The summed E-state index contributed by atoms with van der Waals surface area (Å²) in [6, 6.07) is 14.4. The summed E-state index contributed by atoms with van der Waals surface area (Å²) in [5.41, 5.74) is 1.10. The number of aryl methyl sites for hydroxylation is 1. The molecule has 0 unspecified atom stereocenters. The molecule has 0 saturated heterocycles. The van der Waals surface area contributed by atoms with Crippen LogP contribution >= 0.6 is 11.3 Å². The van der Waals surface area contributed by atoms with Crippen molar-refractivity contribution in [1.29, 1.82) is 0 Å². The van der Waals surface area contributed by atoms with Crippen molar-refractivity contribution < 1.29 is 4.79 Å². The molecule has 4 heteroatoms. The van der Waals surface area contributed by atoms with Crippen molar-refractivity contribution in [2.24, 2.45) is 0 Å². The average molecular weight is 330 g/mol. The molecular weight excluding hydrogens is 304 g/mol. The van der Waals surface area contributed by atoms with E-state index >= 15 is 0 Å². The predicted octanol–water partition coefficient (Wildman–Crippen LogP) is 3.97. The molecule has 0 atom stereocenters. The highest BCUT2D eigenvalue weighted by Gasteiger charge is 2.18. The van der Waals surface area contributed by atoms with Gasteiger partial charge in [0.1, 0.15) is 0 Å². The van der Waals surface area contributed by atoms with Crippen LogP contribution in [0.15, 0.2) is 42.5 Å². The van der Waals surface area contributed by atoms with Gasteiger partial charge in [-0.05, 0) is 45.4 Å². The molecule has 1 aromatic carbocycles. The highest BCUT2D eigenvalue weighted by atomic mass is 32.1. The first-order valence-electron chi connectivity index (χ1n) is 7.95. The van der Waals surface area contributed by atoms with E-state index in [1.165, 1.54) is 9.75 Å². The number of nitrogens with zero attached hydrogens (tertiary/aromatic N) is 1. The predicted molar refractivity (Wildman–Crippen MR) is 97.5 cm³/mol. The highest BCUT2D eigenvalue weighted by Crippen LogP contribution is 2.18. The van der Waals surface area contributed by atoms with Crippen molar-refractivity contribution in [2.75, 3.05) is 6.54 Å². The van der Waals surface area contributed by atoms with Gasteiger partial charge in [0.25, 0.3) is 0 Å². The van der Waals surface area contributed by atoms with Crippen LogP contribution in [-0.4, -0.2) is 22.9 Å². The first-order valence-corrected chi connectivity index (χ1v) is 8.77. The van der Waals surface area contributed by atoms with Crippen molar-refractivity contribution in [3.8, 4) is 0 Å². The normalized spacial score (nSPS) is 11.5. The van der Waals surface area contributed by atoms with Crippen LogP contribution in [0.5, 0.6) is 0 Å². The lowest BCUT2D eigenvalue weighted by Crippen LogP contribution is -2.44. The quantitative estimate of drug-likeness (QED) is 0.869. The largest absolute Gasteiger partial charge is 0.332 e. The fourth-order valence-electron chi connectivity index (χ4n) is 2.25. The summed E-state index contributed by atoms with van der Waals surface area (Å²) in [4.78, 5) is 17.1. The number of carbonyl (C=O) groups excluding carboxylic acids is 1. The molecule has 0 radical (unpaired) electrons. The molecule has 0 aliphatic rings. The van der Waals surface area contributed by atoms with Crippen LogP contribution in [0.1, 0.15) is 36.1 Å². The van der Waals surface area contributed by atoms with Crippen LogP contribution in [0.2, 0.25) is 0 Å². The molecule has 0 saturated carbocycles. The third-order valence-corrected chi connectivity index (χ3v) is 4.47. The second kappa shape index (κ2) is 7.75. The van der Waals surface area contributed by atoms with Crippen molar-refractivity contribution in [3.63, 3.8) is 0 Å². The number of nitrogens with one attached hydrogen (secondary N) is 1. The molecule has 1 amide bonds. The second-order valence-corrected chi connectivity index (χ2v) is 8.22. The summed E-state index contributed by atoms with van der Waals surface area (Å²) in [6.07, 6.45) is 0. The van der Waals surface area contributed by atoms with Gasteiger partial charge in [0, 0.05) is 21.8 Å². The standard InChI is InChI=1S/C19H26N2OS/c1-15-10-11-17(23-15)14-21(13-16-8-6-5-7-9-16)18(22)12-20-19(2,3)4/h5-11,20H,12-14H2,1-4H3. The van der Waals surface area contributed by atoms with E-state index in [-0.39, 0.29) is 11.4 Å². The number of hydrogen-bond donors (Lipinski definition) is 1. The van der Waals surface area contributed by atoms with Gasteiger partial charge in [0.05, 0.1) is 13.1 Å². The Labute approximate surface area is 143 Å². The van der Waals surface area contributed by atoms with Gasteiger partial charge in [-0.15, -0.1) is 11.3 Å². The van der Waals surface area contributed by atoms with E-state index < -0.39 is 0 Å². The van der Waals surface area contributed by atoms with Gasteiger partial charge in [-0.3, -0.25) is 4.79 Å². The molecular formula is C19H26N2OS. The first kappa shape index (κ1) is 17.7. The number of carbonyl (C=O) groups is 1. The summed E-state index contributed by atoms with van der Waals surface area (Å²) in [7, 11) is 0. The van der Waals surface area contributed by atoms with Gasteiger partial charge >= 0.3 is 0 Å². The van der Waals surface area contributed by atoms with E-state index in [0.717, 1.165) is 5.56 Å². The molecule has 3 nitrogen and oxygen atoms in total. The minimum atomic E-state index is -0.0619. The minimum Gasteiger partial charge on any atom is -0.332 e. The first-order chi connectivity index (χ1) is 10.8. The Kier molecular flexibility index (Phi) is 5.97. The number of thiophene rings is 1. The maximum absolute atomic E-state index is 12.7. The van der Waals surface area contributed by atoms with E-state index in [9.17, 15) is 4.79 Å². The van der Waals surface area contributed by atoms with E-state index in [0.29, 0.717) is 19.6 Å². The lowest BCUT2D eigenvalue weighted by atomic mass is 10.1. The minimum absolute atomic E-state index is 0.0619. The van der Waals surface area contributed by atoms with Crippen molar-refractivity contribution in [3.05, 3.63) is 57.8 Å². The summed E-state index contributed by atoms with van der Waals surface area (Å²) in [6.45, 7) is 9.99. The molecule has 1 heterocycles. The van der Waals surface area contributed by atoms with Crippen LogP contribution in [0.4, 0.5) is 0 Å². The Morgan fingerprint density at radius 1 is 1.09 bits per heavy atom. The molecule has 0 spiro atoms. The zero-order valence-corrected chi connectivity index (χ0v) is 15.2. The zero-order valence-electron chi connectivity index (χ0n) is 14.4. The van der Waals surface area contributed by atoms with Gasteiger partial charge in [-0.2, -0.15) is 0 Å². The van der Waals surface area contributed by atoms with Gasteiger partial charge in [0.15, 0.2) is 0 Å². The Morgan fingerprint density at radius 3 is 2.35 bits per heavy atom. The van der Waals surface area contributed by atoms with Gasteiger partial charge in [-0.1, -0.05) is 30.3 Å². The maximum atomic E-state index is 12.7. The molecule has 124 valence electrons. The molecule has 1 aromatic heterocycles. The van der Waals surface area contributed by atoms with E-state index in [2.05, 4.69) is 57.3 Å². The highest BCUT2D eigenvalue weighted by molar-refractivity contribution is 7.11. The fourth-order valence-corrected chi connectivity index (χ4v) is 3.15. The van der Waals surface area contributed by atoms with E-state index in [1.807, 2.05) is 23.1 Å². The SMILES string of the molecule is Cc1ccc(CN(Cc2ccccc2)C(=O)CNC(C)(C)C)s1. The molecule has 1 N–H and O–H groups in total. The van der Waals surface area contributed by atoms with Gasteiger partial charge in [0.2, 0.25) is 5.91 Å². The van der Waals surface area contributed by atoms with Crippen LogP contribution < -0.4 is 5.32 Å². The number of amides is 1. The van der Waals surface area contributed by atoms with E-state index in [4.69, 9.17) is 0 Å². The van der Waals surface area contributed by atoms with Gasteiger partial charge < -0.3 is 10.2 Å². The molecule has 2 aromatic rings. The average Bonchev–Trinajstić information content (AvgIpc) is 2.90. The molecule has 0 aliphatic carbocycles. The second-order valence-electron chi connectivity index (χ2n) is 6.85. The number of rotatable bonds is 6. The molecule has 23 heavy (non-hydrogen) atoms. The Hall–Kier alpha value is -1.65. The van der Waals surface area contributed by atoms with Crippen molar-refractivity contribution in [2.45, 2.75) is 46.3 Å². The number of benzene rings is 1. The van der Waals surface area contributed by atoms with Crippen LogP contribution in [-0.2, 0) is 17.9 Å². The molecule has 0 fully saturated rings. The lowest BCUT2D eigenvalue weighted by molar-refractivity contribution is -0.131. The summed E-state index contributed by atoms with van der Waals surface area (Å²) < 4.78 is 0. The third-order valence-electron chi connectivity index (χ3n) is 3.48. The molecule has 0 aliphatic heterocycles. The monoisotopic (exact) mass is 330 g/mol. The number of hydrogen-bond acceptors (Lipinski definition) is 3. The van der Waals surface area contributed by atoms with Crippen LogP contribution in [0.25, 0.3) is 0 Å². The summed E-state index contributed by atoms with van der Waals surface area (Å²) in [5, 5.41) is 3.29. The van der Waals surface area contributed by atoms with Crippen molar-refractivity contribution in [1.82, 2.24) is 10.2 Å². The van der Waals surface area contributed by atoms with Gasteiger partial charge in [-0.25, -0.2) is 0 Å². The smallest absolute Gasteiger partial charge is 0.237 e. The Bertz CT molecular complexity index is 628. The van der Waals surface area contributed by atoms with Crippen LogP contribution in [0, 0.1) is 6.92 Å². The van der Waals surface area contributed by atoms with Crippen molar-refractivity contribution >= 4 is 17.2 Å². The summed E-state index contributed by atoms with van der Waals surface area (Å²) >= 11 is 1.75. The Balaban J connectivity index is 2.08. The third kappa shape index (κ3) is 6.16. The van der Waals surface area contributed by atoms with E-state index in [1.54, 1.807) is 11.3 Å². The molecule has 2 rings (SSSR count). The topological polar surface area (TPSA) is 32.3 Å². The zero-order chi connectivity index (χ0) is 16.9. The lowest BCUT2D eigenvalue weighted by Gasteiger charge is -2.26. The fraction of sp³-hybridized carbons (Fsp3) is 0.421. The van der Waals surface area contributed by atoms with Crippen LogP contribution in [0.3, 0.4) is 0 Å². The summed E-state index contributed by atoms with van der Waals surface area (Å²) in [5.74, 6) is 0.134. The Morgan fingerprint density at radius 2 is 1.78 bits per heavy atom.